The molecule has 1 aromatic carbocycles. The average molecular weight is 214 g/mol. The summed E-state index contributed by atoms with van der Waals surface area (Å²) in [7, 11) is 0. The van der Waals surface area contributed by atoms with Gasteiger partial charge in [-0.05, 0) is 19.1 Å². The topological polar surface area (TPSA) is 39.4 Å². The highest BCUT2D eigenvalue weighted by atomic mass is 16.5. The third kappa shape index (κ3) is 1.91. The van der Waals surface area contributed by atoms with E-state index in [1.807, 2.05) is 12.1 Å². The van der Waals surface area contributed by atoms with Crippen molar-refractivity contribution in [3.05, 3.63) is 40.8 Å². The SMILES string of the molecule is C#CC(C)Oc1cc(=O)oc2ccccc12. The van der Waals surface area contributed by atoms with E-state index in [0.717, 1.165) is 5.39 Å². The smallest absolute Gasteiger partial charge is 0.339 e. The Kier molecular flexibility index (Phi) is 2.65. The molecule has 0 spiro atoms. The van der Waals surface area contributed by atoms with E-state index in [9.17, 15) is 4.79 Å². The van der Waals surface area contributed by atoms with Crippen molar-refractivity contribution in [1.29, 1.82) is 0 Å². The van der Waals surface area contributed by atoms with E-state index in [2.05, 4.69) is 5.92 Å². The molecule has 1 unspecified atom stereocenters. The van der Waals surface area contributed by atoms with Crippen LogP contribution in [0.2, 0.25) is 0 Å². The van der Waals surface area contributed by atoms with Crippen molar-refractivity contribution in [2.24, 2.45) is 0 Å². The van der Waals surface area contributed by atoms with E-state index in [-0.39, 0.29) is 6.10 Å². The van der Waals surface area contributed by atoms with Crippen LogP contribution in [-0.4, -0.2) is 6.10 Å². The molecule has 0 N–H and O–H groups in total. The molecule has 0 bridgehead atoms. The number of hydrogen-bond acceptors (Lipinski definition) is 3. The fraction of sp³-hybridized carbons (Fsp3) is 0.154. The third-order valence-electron chi connectivity index (χ3n) is 2.15. The lowest BCUT2D eigenvalue weighted by atomic mass is 10.2. The van der Waals surface area contributed by atoms with Crippen LogP contribution in [-0.2, 0) is 0 Å². The van der Waals surface area contributed by atoms with Crippen LogP contribution < -0.4 is 10.4 Å². The second-order valence-electron chi connectivity index (χ2n) is 3.35. The maximum Gasteiger partial charge on any atom is 0.339 e. The van der Waals surface area contributed by atoms with Gasteiger partial charge in [-0.15, -0.1) is 6.42 Å². The monoisotopic (exact) mass is 214 g/mol. The van der Waals surface area contributed by atoms with Crippen LogP contribution in [0.4, 0.5) is 0 Å². The molecule has 2 aromatic rings. The molecule has 0 aliphatic carbocycles. The lowest BCUT2D eigenvalue weighted by Gasteiger charge is -2.10. The van der Waals surface area contributed by atoms with Gasteiger partial charge in [-0.25, -0.2) is 4.79 Å². The molecule has 0 amide bonds. The zero-order valence-corrected chi connectivity index (χ0v) is 8.77. The number of benzene rings is 1. The molecule has 1 aromatic heterocycles. The van der Waals surface area contributed by atoms with Crippen molar-refractivity contribution < 1.29 is 9.15 Å². The predicted octanol–water partition coefficient (Wildman–Crippen LogP) is 2.19. The summed E-state index contributed by atoms with van der Waals surface area (Å²) in [6, 6.07) is 8.46. The Morgan fingerprint density at radius 1 is 1.44 bits per heavy atom. The molecule has 3 nitrogen and oxygen atoms in total. The molecule has 0 aliphatic heterocycles. The van der Waals surface area contributed by atoms with E-state index in [4.69, 9.17) is 15.6 Å². The summed E-state index contributed by atoms with van der Waals surface area (Å²) in [4.78, 5) is 11.3. The predicted molar refractivity (Wildman–Crippen MR) is 61.4 cm³/mol. The van der Waals surface area contributed by atoms with E-state index < -0.39 is 5.63 Å². The molecule has 0 saturated heterocycles. The third-order valence-corrected chi connectivity index (χ3v) is 2.15. The van der Waals surface area contributed by atoms with E-state index >= 15 is 0 Å². The van der Waals surface area contributed by atoms with Crippen molar-refractivity contribution >= 4 is 11.0 Å². The van der Waals surface area contributed by atoms with Gasteiger partial charge >= 0.3 is 5.63 Å². The van der Waals surface area contributed by atoms with E-state index in [1.165, 1.54) is 6.07 Å². The van der Waals surface area contributed by atoms with Gasteiger partial charge in [0.1, 0.15) is 11.3 Å². The quantitative estimate of drug-likeness (QED) is 0.568. The Balaban J connectivity index is 2.60. The van der Waals surface area contributed by atoms with Crippen LogP contribution in [0, 0.1) is 12.3 Å². The first kappa shape index (κ1) is 10.3. The fourth-order valence-electron chi connectivity index (χ4n) is 1.40. The summed E-state index contributed by atoms with van der Waals surface area (Å²) in [6.07, 6.45) is 4.84. The van der Waals surface area contributed by atoms with Crippen molar-refractivity contribution in [3.8, 4) is 18.1 Å². The van der Waals surface area contributed by atoms with Gasteiger partial charge in [0.25, 0.3) is 0 Å². The maximum absolute atomic E-state index is 11.3. The number of rotatable bonds is 2. The van der Waals surface area contributed by atoms with Crippen LogP contribution in [0.3, 0.4) is 0 Å². The summed E-state index contributed by atoms with van der Waals surface area (Å²) < 4.78 is 10.5. The number of para-hydroxylation sites is 1. The molecule has 3 heteroatoms. The maximum atomic E-state index is 11.3. The Morgan fingerprint density at radius 2 is 2.19 bits per heavy atom. The molecule has 16 heavy (non-hydrogen) atoms. The van der Waals surface area contributed by atoms with Crippen LogP contribution in [0.1, 0.15) is 6.92 Å². The summed E-state index contributed by atoms with van der Waals surface area (Å²) in [5.74, 6) is 2.90. The molecule has 80 valence electrons. The Labute approximate surface area is 92.7 Å². The van der Waals surface area contributed by atoms with Crippen LogP contribution in [0.5, 0.6) is 5.75 Å². The van der Waals surface area contributed by atoms with Gasteiger partial charge < -0.3 is 9.15 Å². The van der Waals surface area contributed by atoms with Gasteiger partial charge in [0.2, 0.25) is 0 Å². The number of fused-ring (bicyclic) bond motifs is 1. The molecule has 0 radical (unpaired) electrons. The van der Waals surface area contributed by atoms with Crippen molar-refractivity contribution in [3.63, 3.8) is 0 Å². The first-order valence-corrected chi connectivity index (χ1v) is 4.86. The Bertz CT molecular complexity index is 604. The summed E-state index contributed by atoms with van der Waals surface area (Å²) in [5, 5.41) is 0.740. The van der Waals surface area contributed by atoms with Crippen LogP contribution in [0.15, 0.2) is 39.5 Å². The number of ether oxygens (including phenoxy) is 1. The number of hydrogen-bond donors (Lipinski definition) is 0. The summed E-state index contributed by atoms with van der Waals surface area (Å²) in [6.45, 7) is 1.74. The second-order valence-corrected chi connectivity index (χ2v) is 3.35. The largest absolute Gasteiger partial charge is 0.477 e. The second kappa shape index (κ2) is 4.11. The zero-order valence-electron chi connectivity index (χ0n) is 8.77. The minimum absolute atomic E-state index is 0.384. The molecule has 0 saturated carbocycles. The highest BCUT2D eigenvalue weighted by Crippen LogP contribution is 2.23. The first-order valence-electron chi connectivity index (χ1n) is 4.86. The highest BCUT2D eigenvalue weighted by molar-refractivity contribution is 5.82. The Morgan fingerprint density at radius 3 is 2.94 bits per heavy atom. The molecule has 2 rings (SSSR count). The number of terminal acetylenes is 1. The lowest BCUT2D eigenvalue weighted by molar-refractivity contribution is 0.280. The van der Waals surface area contributed by atoms with Gasteiger partial charge in [0, 0.05) is 0 Å². The highest BCUT2D eigenvalue weighted by Gasteiger charge is 2.07. The first-order chi connectivity index (χ1) is 7.70. The van der Waals surface area contributed by atoms with Gasteiger partial charge in [0.05, 0.1) is 11.5 Å². The summed E-state index contributed by atoms with van der Waals surface area (Å²) >= 11 is 0. The van der Waals surface area contributed by atoms with Gasteiger partial charge in [-0.3, -0.25) is 0 Å². The van der Waals surface area contributed by atoms with Gasteiger partial charge in [-0.1, -0.05) is 18.1 Å². The molecular weight excluding hydrogens is 204 g/mol. The summed E-state index contributed by atoms with van der Waals surface area (Å²) in [5.41, 5.74) is 0.0483. The van der Waals surface area contributed by atoms with Crippen molar-refractivity contribution in [1.82, 2.24) is 0 Å². The van der Waals surface area contributed by atoms with Crippen LogP contribution >= 0.6 is 0 Å². The standard InChI is InChI=1S/C13H10O3/c1-3-9(2)15-12-8-13(14)16-11-7-5-4-6-10(11)12/h1,4-9H,2H3. The lowest BCUT2D eigenvalue weighted by Crippen LogP contribution is -2.10. The molecule has 1 atom stereocenters. The van der Waals surface area contributed by atoms with Gasteiger partial charge in [-0.2, -0.15) is 0 Å². The van der Waals surface area contributed by atoms with E-state index in [1.54, 1.807) is 19.1 Å². The molecule has 0 fully saturated rings. The van der Waals surface area contributed by atoms with Crippen molar-refractivity contribution in [2.75, 3.05) is 0 Å². The molecular formula is C13H10O3. The minimum atomic E-state index is -0.446. The average Bonchev–Trinajstić information content (AvgIpc) is 2.28. The normalized spacial score (nSPS) is 12.0. The molecule has 0 aliphatic rings. The minimum Gasteiger partial charge on any atom is -0.477 e. The van der Waals surface area contributed by atoms with Crippen molar-refractivity contribution in [2.45, 2.75) is 13.0 Å². The zero-order chi connectivity index (χ0) is 11.5. The van der Waals surface area contributed by atoms with Gasteiger partial charge in [0.15, 0.2) is 6.10 Å². The fourth-order valence-corrected chi connectivity index (χ4v) is 1.40. The Hall–Kier alpha value is -2.21. The van der Waals surface area contributed by atoms with E-state index in [0.29, 0.717) is 11.3 Å². The molecule has 1 heterocycles. The van der Waals surface area contributed by atoms with Crippen LogP contribution in [0.25, 0.3) is 11.0 Å².